The summed E-state index contributed by atoms with van der Waals surface area (Å²) >= 11 is 0. The maximum Gasteiger partial charge on any atom is 0.228 e. The van der Waals surface area contributed by atoms with E-state index in [4.69, 9.17) is 12.3 Å². The quantitative estimate of drug-likeness (QED) is 0.710. The second-order valence-electron chi connectivity index (χ2n) is 7.10. The molecular formula is C22H28N6O. The van der Waals surface area contributed by atoms with Gasteiger partial charge in [0.05, 0.1) is 17.4 Å². The molecule has 0 atom stereocenters. The first-order valence-electron chi connectivity index (χ1n) is 13.9. The van der Waals surface area contributed by atoms with Crippen LogP contribution in [0.3, 0.4) is 0 Å². The SMILES string of the molecule is [2H]C([2H])([2H])C([2H])(C([2H])([2H])[2H])C([2H])([2H])N1CCC(C(=O)Nc2cc3nc(-c4cnn(C)c4)ccc3cn2)CC1. The summed E-state index contributed by atoms with van der Waals surface area (Å²) in [6.45, 7) is -9.95. The highest BCUT2D eigenvalue weighted by Gasteiger charge is 2.25. The number of aromatic nitrogens is 4. The first-order valence-corrected chi connectivity index (χ1v) is 9.36. The summed E-state index contributed by atoms with van der Waals surface area (Å²) in [7, 11) is 1.81. The minimum Gasteiger partial charge on any atom is -0.310 e. The maximum atomic E-state index is 13.0. The van der Waals surface area contributed by atoms with Crippen molar-refractivity contribution in [3.8, 4) is 11.3 Å². The van der Waals surface area contributed by atoms with Crippen molar-refractivity contribution in [2.45, 2.75) is 26.5 Å². The maximum absolute atomic E-state index is 13.0. The van der Waals surface area contributed by atoms with Crippen molar-refractivity contribution in [2.24, 2.45) is 18.9 Å². The summed E-state index contributed by atoms with van der Waals surface area (Å²) in [5.74, 6) is -3.94. The number of hydrogen-bond acceptors (Lipinski definition) is 5. The van der Waals surface area contributed by atoms with E-state index in [9.17, 15) is 4.79 Å². The van der Waals surface area contributed by atoms with E-state index in [0.29, 0.717) is 11.3 Å². The summed E-state index contributed by atoms with van der Waals surface area (Å²) in [6, 6.07) is 5.38. The average Bonchev–Trinajstić information content (AvgIpc) is 3.28. The number of likely N-dealkylation sites (tertiary alicyclic amines) is 1. The van der Waals surface area contributed by atoms with Crippen molar-refractivity contribution in [1.29, 1.82) is 0 Å². The largest absolute Gasteiger partial charge is 0.310 e. The molecule has 0 bridgehead atoms. The van der Waals surface area contributed by atoms with Crippen LogP contribution in [0, 0.1) is 11.8 Å². The third kappa shape index (κ3) is 4.62. The normalized spacial score (nSPS) is 22.2. The Morgan fingerprint density at radius 3 is 2.93 bits per heavy atom. The minimum absolute atomic E-state index is 0.0843. The van der Waals surface area contributed by atoms with Gasteiger partial charge >= 0.3 is 0 Å². The molecule has 1 aliphatic heterocycles. The molecule has 0 radical (unpaired) electrons. The highest BCUT2D eigenvalue weighted by atomic mass is 16.1. The van der Waals surface area contributed by atoms with Crippen LogP contribution in [0.5, 0.6) is 0 Å². The van der Waals surface area contributed by atoms with Crippen molar-refractivity contribution in [3.63, 3.8) is 0 Å². The Labute approximate surface area is 183 Å². The number of pyridine rings is 2. The molecule has 4 heterocycles. The summed E-state index contributed by atoms with van der Waals surface area (Å²) in [6.07, 6.45) is 5.45. The minimum atomic E-state index is -3.40. The lowest BCUT2D eigenvalue weighted by atomic mass is 9.95. The van der Waals surface area contributed by atoms with E-state index in [0.717, 1.165) is 21.5 Å². The lowest BCUT2D eigenvalue weighted by Crippen LogP contribution is -2.39. The smallest absolute Gasteiger partial charge is 0.228 e. The monoisotopic (exact) mass is 401 g/mol. The van der Waals surface area contributed by atoms with E-state index in [2.05, 4.69) is 20.4 Å². The Balaban J connectivity index is 1.45. The fourth-order valence-electron chi connectivity index (χ4n) is 3.44. The van der Waals surface area contributed by atoms with Crippen molar-refractivity contribution in [2.75, 3.05) is 24.9 Å². The van der Waals surface area contributed by atoms with Crippen molar-refractivity contribution < 1.29 is 17.1 Å². The van der Waals surface area contributed by atoms with Gasteiger partial charge in [0, 0.05) is 61.2 Å². The molecule has 1 N–H and O–H groups in total. The van der Waals surface area contributed by atoms with Gasteiger partial charge in [-0.1, -0.05) is 13.7 Å². The molecule has 0 unspecified atom stereocenters. The zero-order valence-corrected chi connectivity index (χ0v) is 16.0. The predicted molar refractivity (Wildman–Crippen MR) is 114 cm³/mol. The molecule has 7 nitrogen and oxygen atoms in total. The van der Waals surface area contributed by atoms with Crippen LogP contribution in [-0.4, -0.2) is 50.1 Å². The Kier molecular flexibility index (Phi) is 3.26. The number of piperidine rings is 1. The molecular weight excluding hydrogens is 364 g/mol. The van der Waals surface area contributed by atoms with Gasteiger partial charge in [-0.2, -0.15) is 5.10 Å². The molecule has 7 heteroatoms. The second-order valence-corrected chi connectivity index (χ2v) is 7.10. The van der Waals surface area contributed by atoms with Gasteiger partial charge in [-0.3, -0.25) is 9.48 Å². The van der Waals surface area contributed by atoms with Gasteiger partial charge in [0.15, 0.2) is 0 Å². The summed E-state index contributed by atoms with van der Waals surface area (Å²) < 4.78 is 72.3. The number of fused-ring (bicyclic) bond motifs is 1. The highest BCUT2D eigenvalue weighted by Crippen LogP contribution is 2.23. The fraction of sp³-hybridized carbons (Fsp3) is 0.455. The van der Waals surface area contributed by atoms with Gasteiger partial charge in [0.2, 0.25) is 5.91 Å². The second kappa shape index (κ2) is 8.29. The van der Waals surface area contributed by atoms with Crippen molar-refractivity contribution >= 4 is 22.6 Å². The molecule has 1 aliphatic rings. The van der Waals surface area contributed by atoms with Gasteiger partial charge in [-0.05, 0) is 44.0 Å². The number of carbonyl (C=O) groups is 1. The molecule has 1 amide bonds. The third-order valence-electron chi connectivity index (χ3n) is 4.96. The van der Waals surface area contributed by atoms with Gasteiger partial charge in [0.25, 0.3) is 0 Å². The Bertz CT molecular complexity index is 1310. The van der Waals surface area contributed by atoms with Gasteiger partial charge in [0.1, 0.15) is 5.82 Å². The lowest BCUT2D eigenvalue weighted by Gasteiger charge is -2.32. The first-order chi connectivity index (χ1) is 17.5. The molecule has 0 aromatic carbocycles. The zero-order valence-electron chi connectivity index (χ0n) is 25.0. The number of nitrogens with zero attached hydrogens (tertiary/aromatic N) is 5. The molecule has 29 heavy (non-hydrogen) atoms. The van der Waals surface area contributed by atoms with Gasteiger partial charge in [-0.15, -0.1) is 0 Å². The first kappa shape index (κ1) is 11.4. The van der Waals surface area contributed by atoms with Crippen LogP contribution in [0.1, 0.15) is 38.9 Å². The summed E-state index contributed by atoms with van der Waals surface area (Å²) in [5, 5.41) is 7.70. The van der Waals surface area contributed by atoms with Gasteiger partial charge in [-0.25, -0.2) is 9.97 Å². The number of amides is 1. The Morgan fingerprint density at radius 2 is 2.21 bits per heavy atom. The molecule has 1 fully saturated rings. The van der Waals surface area contributed by atoms with Crippen molar-refractivity contribution in [3.05, 3.63) is 36.8 Å². The molecule has 3 aromatic rings. The highest BCUT2D eigenvalue weighted by molar-refractivity contribution is 5.93. The van der Waals surface area contributed by atoms with E-state index in [1.54, 1.807) is 23.1 Å². The van der Waals surface area contributed by atoms with E-state index in [1.807, 2.05) is 25.4 Å². The molecule has 1 saturated heterocycles. The topological polar surface area (TPSA) is 75.9 Å². The number of rotatable bonds is 5. The third-order valence-corrected chi connectivity index (χ3v) is 4.96. The van der Waals surface area contributed by atoms with Crippen LogP contribution in [0.15, 0.2) is 36.8 Å². The number of hydrogen-bond donors (Lipinski definition) is 1. The number of aryl methyl sites for hydroxylation is 1. The van der Waals surface area contributed by atoms with E-state index >= 15 is 0 Å². The van der Waals surface area contributed by atoms with Gasteiger partial charge < -0.3 is 10.2 Å². The number of anilines is 1. The standard InChI is InChI=1S/C22H28N6O/c1-15(2)13-28-8-6-16(7-9-28)22(29)26-21-10-20-17(11-23-21)4-5-19(25-20)18-12-24-27(3)14-18/h4-5,10-12,14-16H,6-9,13H2,1-3H3,(H,23,26,29)/i1D3,2D3,13D2,15D. The molecule has 3 aromatic heterocycles. The molecule has 4 rings (SSSR count). The predicted octanol–water partition coefficient (Wildman–Crippen LogP) is 3.34. The molecule has 152 valence electrons. The molecule has 0 spiro atoms. The Hall–Kier alpha value is -2.80. The lowest BCUT2D eigenvalue weighted by molar-refractivity contribution is -0.121. The fourth-order valence-corrected chi connectivity index (χ4v) is 3.44. The summed E-state index contributed by atoms with van der Waals surface area (Å²) in [4.78, 5) is 22.9. The zero-order chi connectivity index (χ0) is 28.1. The van der Waals surface area contributed by atoms with Crippen LogP contribution in [-0.2, 0) is 11.8 Å². The van der Waals surface area contributed by atoms with Crippen LogP contribution < -0.4 is 5.32 Å². The van der Waals surface area contributed by atoms with Crippen LogP contribution >= 0.6 is 0 Å². The Morgan fingerprint density at radius 1 is 1.38 bits per heavy atom. The van der Waals surface area contributed by atoms with Crippen LogP contribution in [0.4, 0.5) is 5.82 Å². The van der Waals surface area contributed by atoms with E-state index < -0.39 is 32.0 Å². The number of carbonyl (C=O) groups excluding carboxylic acids is 1. The van der Waals surface area contributed by atoms with Crippen molar-refractivity contribution in [1.82, 2.24) is 24.6 Å². The van der Waals surface area contributed by atoms with E-state index in [-0.39, 0.29) is 31.8 Å². The van der Waals surface area contributed by atoms with E-state index in [1.165, 1.54) is 0 Å². The van der Waals surface area contributed by atoms with Crippen LogP contribution in [0.25, 0.3) is 22.2 Å². The summed E-state index contributed by atoms with van der Waals surface area (Å²) in [5.41, 5.74) is 2.19. The van der Waals surface area contributed by atoms with Crippen LogP contribution in [0.2, 0.25) is 0 Å². The number of nitrogens with one attached hydrogen (secondary N) is 1. The molecule has 0 saturated carbocycles. The average molecular weight is 402 g/mol. The molecule has 0 aliphatic carbocycles.